The van der Waals surface area contributed by atoms with E-state index in [4.69, 9.17) is 0 Å². The quantitative estimate of drug-likeness (QED) is 0.867. The number of nitrogens with zero attached hydrogens (tertiary/aromatic N) is 1. The molecule has 1 heterocycles. The average molecular weight is 301 g/mol. The topological polar surface area (TPSA) is 54.9 Å². The maximum absolute atomic E-state index is 11.7. The predicted octanol–water partition coefficient (Wildman–Crippen LogP) is 1.88. The molecule has 1 saturated carbocycles. The summed E-state index contributed by atoms with van der Waals surface area (Å²) in [5, 5.41) is 3.49. The molecular formula is C12H17BrN2O2. The monoisotopic (exact) mass is 300 g/mol. The molecule has 0 radical (unpaired) electrons. The zero-order valence-corrected chi connectivity index (χ0v) is 11.3. The van der Waals surface area contributed by atoms with Crippen molar-refractivity contribution in [3.63, 3.8) is 0 Å². The van der Waals surface area contributed by atoms with Gasteiger partial charge in [0.2, 0.25) is 0 Å². The molecule has 0 amide bonds. The zero-order chi connectivity index (χ0) is 12.3. The standard InChI is InChI=1S/C12H17BrN2O2/c13-8-12(6-2-1-3-7-12)9-15-11(17)5-4-10(16)14-15/h4-5H,1-3,6-9H2,(H,14,16). The Bertz CT molecular complexity index is 486. The summed E-state index contributed by atoms with van der Waals surface area (Å²) in [7, 11) is 0. The van der Waals surface area contributed by atoms with Crippen molar-refractivity contribution in [1.82, 2.24) is 9.78 Å². The molecular weight excluding hydrogens is 284 g/mol. The van der Waals surface area contributed by atoms with Gasteiger partial charge in [-0.25, -0.2) is 4.68 Å². The van der Waals surface area contributed by atoms with Gasteiger partial charge in [-0.2, -0.15) is 0 Å². The third kappa shape index (κ3) is 2.89. The summed E-state index contributed by atoms with van der Waals surface area (Å²) in [5.41, 5.74) is -0.229. The van der Waals surface area contributed by atoms with Crippen LogP contribution in [0.1, 0.15) is 32.1 Å². The van der Waals surface area contributed by atoms with E-state index in [2.05, 4.69) is 21.0 Å². The van der Waals surface area contributed by atoms with Crippen molar-refractivity contribution in [1.29, 1.82) is 0 Å². The van der Waals surface area contributed by atoms with Crippen LogP contribution in [0.5, 0.6) is 0 Å². The number of hydrogen-bond acceptors (Lipinski definition) is 2. The van der Waals surface area contributed by atoms with Crippen LogP contribution in [-0.4, -0.2) is 15.1 Å². The summed E-state index contributed by atoms with van der Waals surface area (Å²) in [6.45, 7) is 0.604. The Morgan fingerprint density at radius 1 is 1.24 bits per heavy atom. The first-order valence-electron chi connectivity index (χ1n) is 6.01. The molecule has 1 aliphatic carbocycles. The van der Waals surface area contributed by atoms with Crippen LogP contribution in [0.25, 0.3) is 0 Å². The molecule has 0 bridgehead atoms. The Hall–Kier alpha value is -0.840. The molecule has 0 atom stereocenters. The van der Waals surface area contributed by atoms with Crippen molar-refractivity contribution in [3.05, 3.63) is 32.8 Å². The Morgan fingerprint density at radius 3 is 2.59 bits per heavy atom. The minimum Gasteiger partial charge on any atom is -0.268 e. The lowest BCUT2D eigenvalue weighted by Gasteiger charge is -2.35. The molecule has 0 saturated heterocycles. The first kappa shape index (κ1) is 12.6. The number of H-pyrrole nitrogens is 1. The maximum atomic E-state index is 11.7. The first-order chi connectivity index (χ1) is 8.15. The van der Waals surface area contributed by atoms with Crippen LogP contribution >= 0.6 is 15.9 Å². The maximum Gasteiger partial charge on any atom is 0.265 e. The zero-order valence-electron chi connectivity index (χ0n) is 9.75. The van der Waals surface area contributed by atoms with Gasteiger partial charge in [0.25, 0.3) is 11.1 Å². The van der Waals surface area contributed by atoms with Crippen LogP contribution < -0.4 is 11.1 Å². The van der Waals surface area contributed by atoms with Crippen LogP contribution in [0, 0.1) is 5.41 Å². The summed E-state index contributed by atoms with van der Waals surface area (Å²) in [6, 6.07) is 2.62. The van der Waals surface area contributed by atoms with Crippen LogP contribution in [0.3, 0.4) is 0 Å². The SMILES string of the molecule is O=c1ccc(=O)n(CC2(CBr)CCCCC2)[nH]1. The highest BCUT2D eigenvalue weighted by Gasteiger charge is 2.31. The summed E-state index contributed by atoms with van der Waals surface area (Å²) >= 11 is 3.56. The average Bonchev–Trinajstić information content (AvgIpc) is 2.35. The highest BCUT2D eigenvalue weighted by Crippen LogP contribution is 2.38. The van der Waals surface area contributed by atoms with E-state index in [0.717, 1.165) is 18.2 Å². The third-order valence-corrected chi connectivity index (χ3v) is 4.77. The van der Waals surface area contributed by atoms with E-state index < -0.39 is 0 Å². The van der Waals surface area contributed by atoms with Gasteiger partial charge in [0.1, 0.15) is 0 Å². The number of rotatable bonds is 3. The molecule has 1 aromatic rings. The van der Waals surface area contributed by atoms with Gasteiger partial charge in [-0.05, 0) is 18.3 Å². The second-order valence-electron chi connectivity index (χ2n) is 4.93. The van der Waals surface area contributed by atoms with Gasteiger partial charge in [0, 0.05) is 24.0 Å². The highest BCUT2D eigenvalue weighted by molar-refractivity contribution is 9.09. The molecule has 5 heteroatoms. The van der Waals surface area contributed by atoms with Crippen LogP contribution in [0.2, 0.25) is 0 Å². The van der Waals surface area contributed by atoms with E-state index in [1.165, 1.54) is 36.1 Å². The minimum absolute atomic E-state index is 0.117. The molecule has 0 unspecified atom stereocenters. The molecule has 0 aliphatic heterocycles. The second kappa shape index (κ2) is 5.21. The smallest absolute Gasteiger partial charge is 0.265 e. The molecule has 1 N–H and O–H groups in total. The molecule has 4 nitrogen and oxygen atoms in total. The van der Waals surface area contributed by atoms with E-state index in [9.17, 15) is 9.59 Å². The number of aromatic amines is 1. The Kier molecular flexibility index (Phi) is 3.86. The Balaban J connectivity index is 2.26. The first-order valence-corrected chi connectivity index (χ1v) is 7.14. The number of nitrogens with one attached hydrogen (secondary N) is 1. The van der Waals surface area contributed by atoms with Crippen molar-refractivity contribution in [3.8, 4) is 0 Å². The lowest BCUT2D eigenvalue weighted by molar-refractivity contribution is 0.179. The summed E-state index contributed by atoms with van der Waals surface area (Å²) in [4.78, 5) is 22.9. The lowest BCUT2D eigenvalue weighted by Crippen LogP contribution is -2.38. The molecule has 1 fully saturated rings. The Morgan fingerprint density at radius 2 is 1.94 bits per heavy atom. The summed E-state index contributed by atoms with van der Waals surface area (Å²) in [6.07, 6.45) is 5.91. The van der Waals surface area contributed by atoms with Crippen molar-refractivity contribution < 1.29 is 0 Å². The van der Waals surface area contributed by atoms with E-state index >= 15 is 0 Å². The van der Waals surface area contributed by atoms with Crippen molar-refractivity contribution >= 4 is 15.9 Å². The van der Waals surface area contributed by atoms with Crippen molar-refractivity contribution in [2.75, 3.05) is 5.33 Å². The molecule has 17 heavy (non-hydrogen) atoms. The lowest BCUT2D eigenvalue weighted by atomic mass is 9.75. The third-order valence-electron chi connectivity index (χ3n) is 3.58. The second-order valence-corrected chi connectivity index (χ2v) is 5.49. The summed E-state index contributed by atoms with van der Waals surface area (Å²) in [5.74, 6) is 0. The molecule has 0 aromatic carbocycles. The van der Waals surface area contributed by atoms with Gasteiger partial charge in [0.15, 0.2) is 0 Å². The highest BCUT2D eigenvalue weighted by atomic mass is 79.9. The van der Waals surface area contributed by atoms with E-state index in [1.807, 2.05) is 0 Å². The fraction of sp³-hybridized carbons (Fsp3) is 0.667. The number of halogens is 1. The van der Waals surface area contributed by atoms with E-state index in [-0.39, 0.29) is 16.5 Å². The number of aromatic nitrogens is 2. The largest absolute Gasteiger partial charge is 0.268 e. The number of hydrogen-bond donors (Lipinski definition) is 1. The molecule has 0 spiro atoms. The fourth-order valence-electron chi connectivity index (χ4n) is 2.55. The van der Waals surface area contributed by atoms with Gasteiger partial charge in [-0.15, -0.1) is 0 Å². The number of alkyl halides is 1. The molecule has 1 aliphatic rings. The van der Waals surface area contributed by atoms with Gasteiger partial charge >= 0.3 is 0 Å². The Labute approximate surface area is 108 Å². The van der Waals surface area contributed by atoms with Crippen molar-refractivity contribution in [2.24, 2.45) is 5.41 Å². The van der Waals surface area contributed by atoms with E-state index in [0.29, 0.717) is 6.54 Å². The van der Waals surface area contributed by atoms with Gasteiger partial charge in [0.05, 0.1) is 0 Å². The van der Waals surface area contributed by atoms with Crippen LogP contribution in [0.4, 0.5) is 0 Å². The van der Waals surface area contributed by atoms with E-state index in [1.54, 1.807) is 0 Å². The summed E-state index contributed by atoms with van der Waals surface area (Å²) < 4.78 is 1.45. The minimum atomic E-state index is -0.217. The predicted molar refractivity (Wildman–Crippen MR) is 70.6 cm³/mol. The van der Waals surface area contributed by atoms with Crippen molar-refractivity contribution in [2.45, 2.75) is 38.6 Å². The van der Waals surface area contributed by atoms with Gasteiger partial charge in [-0.1, -0.05) is 35.2 Å². The molecule has 1 aromatic heterocycles. The molecule has 2 rings (SSSR count). The van der Waals surface area contributed by atoms with Gasteiger partial charge in [-0.3, -0.25) is 14.7 Å². The normalized spacial score (nSPS) is 19.1. The van der Waals surface area contributed by atoms with Crippen LogP contribution in [0.15, 0.2) is 21.7 Å². The van der Waals surface area contributed by atoms with Crippen LogP contribution in [-0.2, 0) is 6.54 Å². The fourth-order valence-corrected chi connectivity index (χ4v) is 3.29. The molecule has 94 valence electrons. The van der Waals surface area contributed by atoms with Gasteiger partial charge < -0.3 is 0 Å².